The molecule has 1 saturated heterocycles. The molecule has 1 amide bonds. The molecular weight excluding hydrogens is 240 g/mol. The number of likely N-dealkylation sites (tertiary alicyclic amines) is 1. The van der Waals surface area contributed by atoms with Crippen LogP contribution in [0.25, 0.3) is 0 Å². The Labute approximate surface area is 114 Å². The molecule has 1 aliphatic rings. The molecule has 2 atom stereocenters. The Bertz CT molecular complexity index is 444. The zero-order valence-electron chi connectivity index (χ0n) is 12.1. The van der Waals surface area contributed by atoms with E-state index in [1.54, 1.807) is 0 Å². The predicted molar refractivity (Wildman–Crippen MR) is 75.9 cm³/mol. The number of carbonyl (C=O) groups is 1. The van der Waals surface area contributed by atoms with Crippen LogP contribution in [-0.4, -0.2) is 33.1 Å². The van der Waals surface area contributed by atoms with Crippen molar-refractivity contribution < 1.29 is 4.79 Å². The van der Waals surface area contributed by atoms with Crippen LogP contribution < -0.4 is 5.73 Å². The second-order valence-corrected chi connectivity index (χ2v) is 5.56. The van der Waals surface area contributed by atoms with Crippen molar-refractivity contribution in [1.82, 2.24) is 15.1 Å². The lowest BCUT2D eigenvalue weighted by molar-refractivity contribution is 0.0505. The van der Waals surface area contributed by atoms with Crippen molar-refractivity contribution in [3.8, 4) is 0 Å². The van der Waals surface area contributed by atoms with Gasteiger partial charge in [0.15, 0.2) is 5.69 Å². The van der Waals surface area contributed by atoms with Gasteiger partial charge in [0.25, 0.3) is 5.91 Å². The smallest absolute Gasteiger partial charge is 0.276 e. The number of nitrogens with one attached hydrogen (secondary N) is 1. The molecule has 0 radical (unpaired) electrons. The van der Waals surface area contributed by atoms with Gasteiger partial charge in [-0.1, -0.05) is 13.3 Å². The second-order valence-electron chi connectivity index (χ2n) is 5.56. The average molecular weight is 264 g/mol. The van der Waals surface area contributed by atoms with Gasteiger partial charge < -0.3 is 10.6 Å². The third kappa shape index (κ3) is 2.60. The Kier molecular flexibility index (Phi) is 4.12. The van der Waals surface area contributed by atoms with Gasteiger partial charge >= 0.3 is 0 Å². The number of anilines is 1. The maximum atomic E-state index is 12.6. The van der Waals surface area contributed by atoms with Crippen LogP contribution in [0.1, 0.15) is 62.6 Å². The van der Waals surface area contributed by atoms with E-state index in [9.17, 15) is 4.79 Å². The molecule has 1 aliphatic heterocycles. The van der Waals surface area contributed by atoms with Gasteiger partial charge in [0.05, 0.1) is 11.4 Å². The molecular formula is C14H24N4O. The number of hydrogen-bond acceptors (Lipinski definition) is 3. The Morgan fingerprint density at radius 2 is 2.05 bits per heavy atom. The van der Waals surface area contributed by atoms with Crippen molar-refractivity contribution >= 4 is 11.6 Å². The maximum Gasteiger partial charge on any atom is 0.276 e. The SMILES string of the molecule is CCCc1[nH]nc(C(=O)N2[C@H](C)CCC[C@@H]2C)c1N. The van der Waals surface area contributed by atoms with Crippen molar-refractivity contribution in [3.05, 3.63) is 11.4 Å². The second kappa shape index (κ2) is 5.63. The molecule has 2 heterocycles. The number of piperidine rings is 1. The highest BCUT2D eigenvalue weighted by Crippen LogP contribution is 2.26. The van der Waals surface area contributed by atoms with Gasteiger partial charge in [-0.2, -0.15) is 5.10 Å². The zero-order valence-corrected chi connectivity index (χ0v) is 12.1. The monoisotopic (exact) mass is 264 g/mol. The minimum atomic E-state index is -0.0317. The molecule has 1 fully saturated rings. The van der Waals surface area contributed by atoms with E-state index in [1.165, 1.54) is 6.42 Å². The summed E-state index contributed by atoms with van der Waals surface area (Å²) >= 11 is 0. The Hall–Kier alpha value is -1.52. The molecule has 0 aromatic carbocycles. The summed E-state index contributed by atoms with van der Waals surface area (Å²) in [6.45, 7) is 6.28. The van der Waals surface area contributed by atoms with E-state index in [0.717, 1.165) is 31.4 Å². The number of nitrogens with two attached hydrogens (primary N) is 1. The fourth-order valence-electron chi connectivity index (χ4n) is 2.93. The third-order valence-corrected chi connectivity index (χ3v) is 4.01. The van der Waals surface area contributed by atoms with E-state index >= 15 is 0 Å². The molecule has 5 nitrogen and oxygen atoms in total. The number of aromatic nitrogens is 2. The lowest BCUT2D eigenvalue weighted by Crippen LogP contribution is -2.47. The molecule has 5 heteroatoms. The molecule has 3 N–H and O–H groups in total. The zero-order chi connectivity index (χ0) is 14.0. The summed E-state index contributed by atoms with van der Waals surface area (Å²) in [6.07, 6.45) is 5.11. The normalized spacial score (nSPS) is 23.6. The summed E-state index contributed by atoms with van der Waals surface area (Å²) in [7, 11) is 0. The first-order valence-electron chi connectivity index (χ1n) is 7.21. The highest BCUT2D eigenvalue weighted by molar-refractivity contribution is 5.98. The highest BCUT2D eigenvalue weighted by atomic mass is 16.2. The van der Waals surface area contributed by atoms with E-state index in [0.29, 0.717) is 11.4 Å². The lowest BCUT2D eigenvalue weighted by atomic mass is 9.97. The van der Waals surface area contributed by atoms with Crippen molar-refractivity contribution in [1.29, 1.82) is 0 Å². The van der Waals surface area contributed by atoms with Crippen molar-refractivity contribution in [2.75, 3.05) is 5.73 Å². The summed E-state index contributed by atoms with van der Waals surface area (Å²) in [4.78, 5) is 14.6. The van der Waals surface area contributed by atoms with E-state index in [2.05, 4.69) is 31.0 Å². The Balaban J connectivity index is 2.23. The lowest BCUT2D eigenvalue weighted by Gasteiger charge is -2.38. The number of carbonyl (C=O) groups excluding carboxylic acids is 1. The largest absolute Gasteiger partial charge is 0.395 e. The van der Waals surface area contributed by atoms with Gasteiger partial charge in [-0.25, -0.2) is 0 Å². The van der Waals surface area contributed by atoms with Gasteiger partial charge in [0.2, 0.25) is 0 Å². The molecule has 0 saturated carbocycles. The summed E-state index contributed by atoms with van der Waals surface area (Å²) < 4.78 is 0. The number of nitrogens with zero attached hydrogens (tertiary/aromatic N) is 2. The summed E-state index contributed by atoms with van der Waals surface area (Å²) in [5, 5.41) is 7.04. The maximum absolute atomic E-state index is 12.6. The van der Waals surface area contributed by atoms with Crippen molar-refractivity contribution in [2.24, 2.45) is 0 Å². The standard InChI is InChI=1S/C14H24N4O/c1-4-6-11-12(15)13(17-16-11)14(19)18-9(2)7-5-8-10(18)3/h9-10H,4-8,15H2,1-3H3,(H,16,17)/t9-,10+. The van der Waals surface area contributed by atoms with Crippen LogP contribution in [0, 0.1) is 0 Å². The van der Waals surface area contributed by atoms with Crippen molar-refractivity contribution in [2.45, 2.75) is 65.0 Å². The molecule has 1 aromatic heterocycles. The van der Waals surface area contributed by atoms with Crippen LogP contribution in [-0.2, 0) is 6.42 Å². The van der Waals surface area contributed by atoms with Crippen LogP contribution in [0.2, 0.25) is 0 Å². The summed E-state index contributed by atoms with van der Waals surface area (Å²) in [5.41, 5.74) is 7.84. The minimum absolute atomic E-state index is 0.0317. The number of H-pyrrole nitrogens is 1. The number of amides is 1. The van der Waals surface area contributed by atoms with E-state index in [1.807, 2.05) is 4.90 Å². The van der Waals surface area contributed by atoms with Crippen LogP contribution >= 0.6 is 0 Å². The van der Waals surface area contributed by atoms with Crippen LogP contribution in [0.5, 0.6) is 0 Å². The first-order chi connectivity index (χ1) is 9.06. The van der Waals surface area contributed by atoms with Gasteiger partial charge in [0.1, 0.15) is 0 Å². The van der Waals surface area contributed by atoms with E-state index in [4.69, 9.17) is 5.73 Å². The van der Waals surface area contributed by atoms with Gasteiger partial charge in [-0.15, -0.1) is 0 Å². The molecule has 0 bridgehead atoms. The number of aromatic amines is 1. The summed E-state index contributed by atoms with van der Waals surface area (Å²) in [5.74, 6) is -0.0317. The molecule has 1 aromatic rings. The topological polar surface area (TPSA) is 75.0 Å². The molecule has 0 aliphatic carbocycles. The molecule has 106 valence electrons. The third-order valence-electron chi connectivity index (χ3n) is 4.01. The van der Waals surface area contributed by atoms with Crippen LogP contribution in [0.4, 0.5) is 5.69 Å². The number of aryl methyl sites for hydroxylation is 1. The van der Waals surface area contributed by atoms with E-state index < -0.39 is 0 Å². The number of nitrogen functional groups attached to an aromatic ring is 1. The quantitative estimate of drug-likeness (QED) is 0.880. The molecule has 0 unspecified atom stereocenters. The first kappa shape index (κ1) is 13.9. The van der Waals surface area contributed by atoms with E-state index in [-0.39, 0.29) is 18.0 Å². The van der Waals surface area contributed by atoms with Crippen LogP contribution in [0.15, 0.2) is 0 Å². The number of rotatable bonds is 3. The van der Waals surface area contributed by atoms with Gasteiger partial charge in [-0.05, 0) is 39.5 Å². The molecule has 19 heavy (non-hydrogen) atoms. The fourth-order valence-corrected chi connectivity index (χ4v) is 2.93. The van der Waals surface area contributed by atoms with Crippen molar-refractivity contribution in [3.63, 3.8) is 0 Å². The fraction of sp³-hybridized carbons (Fsp3) is 0.714. The molecule has 0 spiro atoms. The Morgan fingerprint density at radius 1 is 1.42 bits per heavy atom. The minimum Gasteiger partial charge on any atom is -0.395 e. The first-order valence-corrected chi connectivity index (χ1v) is 7.21. The highest BCUT2D eigenvalue weighted by Gasteiger charge is 2.32. The van der Waals surface area contributed by atoms with Gasteiger partial charge in [-0.3, -0.25) is 9.89 Å². The van der Waals surface area contributed by atoms with Crippen LogP contribution in [0.3, 0.4) is 0 Å². The molecule has 2 rings (SSSR count). The average Bonchev–Trinajstić information content (AvgIpc) is 2.71. The van der Waals surface area contributed by atoms with Gasteiger partial charge in [0, 0.05) is 12.1 Å². The summed E-state index contributed by atoms with van der Waals surface area (Å²) in [6, 6.07) is 0.531. The Morgan fingerprint density at radius 3 is 2.63 bits per heavy atom. The predicted octanol–water partition coefficient (Wildman–Crippen LogP) is 2.35. The number of hydrogen-bond donors (Lipinski definition) is 2.